The Balaban J connectivity index is 1.24. The zero-order valence-corrected chi connectivity index (χ0v) is 57.0. The zero-order chi connectivity index (χ0) is 72.1. The Morgan fingerprint density at radius 2 is 0.778 bits per heavy atom. The third-order valence-electron chi connectivity index (χ3n) is 17.4. The summed E-state index contributed by atoms with van der Waals surface area (Å²) in [6.45, 7) is 8.01. The minimum Gasteiger partial charge on any atom is -0.480 e. The number of para-hydroxylation sites is 3. The van der Waals surface area contributed by atoms with E-state index in [0.29, 0.717) is 55.2 Å². The molecule has 0 bridgehead atoms. The van der Waals surface area contributed by atoms with Crippen LogP contribution in [-0.4, -0.2) is 166 Å². The van der Waals surface area contributed by atoms with Crippen molar-refractivity contribution in [3.05, 3.63) is 108 Å². The number of carbonyl (C=O) groups is 9. The predicted octanol–water partition coefficient (Wildman–Crippen LogP) is 0.906. The van der Waals surface area contributed by atoms with Crippen molar-refractivity contribution in [2.75, 3.05) is 26.2 Å². The zero-order valence-electron chi connectivity index (χ0n) is 57.0. The summed E-state index contributed by atoms with van der Waals surface area (Å²) >= 11 is 0. The lowest BCUT2D eigenvalue weighted by Gasteiger charge is -2.30. The topological polar surface area (TPSA) is 524 Å². The second-order valence-corrected chi connectivity index (χ2v) is 25.5. The maximum atomic E-state index is 15.1. The van der Waals surface area contributed by atoms with Gasteiger partial charge in [-0.2, -0.15) is 0 Å². The summed E-state index contributed by atoms with van der Waals surface area (Å²) in [6.07, 6.45) is 7.77. The van der Waals surface area contributed by atoms with Gasteiger partial charge in [0.15, 0.2) is 11.9 Å². The fraction of sp³-hybridized carbons (Fsp3) is 0.493. The van der Waals surface area contributed by atoms with Gasteiger partial charge in [-0.15, -0.1) is 0 Å². The van der Waals surface area contributed by atoms with Crippen molar-refractivity contribution in [2.45, 2.75) is 178 Å². The molecule has 0 aliphatic carbocycles. The van der Waals surface area contributed by atoms with Crippen LogP contribution in [0.15, 0.2) is 101 Å². The van der Waals surface area contributed by atoms with E-state index in [1.54, 1.807) is 32.4 Å². The highest BCUT2D eigenvalue weighted by Crippen LogP contribution is 2.24. The molecule has 538 valence electrons. The summed E-state index contributed by atoms with van der Waals surface area (Å²) in [5.41, 5.74) is 44.7. The number of amides is 8. The van der Waals surface area contributed by atoms with Gasteiger partial charge >= 0.3 is 5.97 Å². The second kappa shape index (κ2) is 39.4. The van der Waals surface area contributed by atoms with Gasteiger partial charge < -0.3 is 103 Å². The second-order valence-electron chi connectivity index (χ2n) is 25.5. The van der Waals surface area contributed by atoms with Crippen molar-refractivity contribution in [1.29, 1.82) is 0 Å². The average Bonchev–Trinajstić information content (AvgIpc) is 1.86. The van der Waals surface area contributed by atoms with E-state index in [-0.39, 0.29) is 102 Å². The molecule has 0 radical (unpaired) electrons. The van der Waals surface area contributed by atoms with Crippen LogP contribution in [0.25, 0.3) is 32.7 Å². The summed E-state index contributed by atoms with van der Waals surface area (Å²) in [7, 11) is 0. The summed E-state index contributed by atoms with van der Waals surface area (Å²) in [5.74, 6) is -8.41. The molecule has 3 aromatic heterocycles. The number of hydrogen-bond acceptors (Lipinski definition) is 14. The molecule has 10 atom stereocenters. The molecule has 6 aromatic rings. The number of rotatable bonds is 43. The van der Waals surface area contributed by atoms with Crippen LogP contribution in [0.4, 0.5) is 0 Å². The Hall–Kier alpha value is -10.1. The number of aliphatic carboxylic acids is 1. The Labute approximate surface area is 575 Å². The fourth-order valence-electron chi connectivity index (χ4n) is 11.7. The average molecular weight is 1370 g/mol. The Kier molecular flexibility index (Phi) is 31.0. The molecule has 6 rings (SSSR count). The van der Waals surface area contributed by atoms with Gasteiger partial charge in [-0.1, -0.05) is 88.7 Å². The molecular weight excluding hydrogens is 1270 g/mol. The van der Waals surface area contributed by atoms with Crippen LogP contribution < -0.4 is 82.7 Å². The number of nitrogens with two attached hydrogens (primary N) is 7. The van der Waals surface area contributed by atoms with Gasteiger partial charge in [-0.25, -0.2) is 4.79 Å². The summed E-state index contributed by atoms with van der Waals surface area (Å²) in [5, 5.41) is 35.1. The first-order valence-corrected chi connectivity index (χ1v) is 34.0. The maximum Gasteiger partial charge on any atom is 0.326 e. The lowest BCUT2D eigenvalue weighted by atomic mass is 9.96. The van der Waals surface area contributed by atoms with Gasteiger partial charge in [0.05, 0.1) is 6.04 Å². The molecule has 26 N–H and O–H groups in total. The largest absolute Gasteiger partial charge is 0.480 e. The first-order valence-electron chi connectivity index (χ1n) is 34.0. The molecule has 99 heavy (non-hydrogen) atoms. The number of unbranched alkanes of at least 4 members (excludes halogenated alkanes) is 2. The standard InChI is InChI=1S/C69H102N20O10/c1-5-40(4)58(66(97)84-53(27-17-31-78-69(75)76)60(91)82-51(25-12-14-28-70)61(92)88-57(67(98)99)35-43-38-81-50-24-11-8-20-46(43)50)89-62(93)52(26-13-15-29-71)83-63(94)54(32-39(2)3)86-65(96)56(34-42-37-80-49-23-10-7-19-45(42)49)87-64(95)55(33-41-36-79-48-22-9-6-18-44(41)48)85-59(90)47(72)21-16-30-77-68(73)74/h6-11,18-20,22-24,36-40,47,51-58,79-81H,5,12-17,21,25-35,70-72H2,1-4H3,(H,82,91)(H,83,94)(H,84,97)(H,85,90)(H,86,96)(H,87,95)(H,88,92)(H,89,93)(H,98,99)(H4,73,74,77)(H4,75,76,78)/t40-,47-,51-,52-,53-,54-,55-,56-,57-,58-/m0/s1. The molecule has 0 aliphatic heterocycles. The molecular formula is C69H102N20O10. The number of aliphatic imine (C=N–C) groups is 2. The highest BCUT2D eigenvalue weighted by Gasteiger charge is 2.37. The monoisotopic (exact) mass is 1370 g/mol. The van der Waals surface area contributed by atoms with Crippen molar-refractivity contribution in [1.82, 2.24) is 57.5 Å². The number of benzene rings is 3. The van der Waals surface area contributed by atoms with E-state index in [0.717, 1.165) is 32.7 Å². The smallest absolute Gasteiger partial charge is 0.326 e. The normalized spacial score (nSPS) is 14.4. The molecule has 8 amide bonds. The predicted molar refractivity (Wildman–Crippen MR) is 382 cm³/mol. The van der Waals surface area contributed by atoms with Crippen LogP contribution in [0.1, 0.15) is 121 Å². The van der Waals surface area contributed by atoms with Crippen LogP contribution in [0.3, 0.4) is 0 Å². The molecule has 0 spiro atoms. The van der Waals surface area contributed by atoms with E-state index < -0.39 is 114 Å². The number of H-pyrrole nitrogens is 3. The Morgan fingerprint density at radius 3 is 1.19 bits per heavy atom. The molecule has 0 aliphatic rings. The lowest BCUT2D eigenvalue weighted by Crippen LogP contribution is -2.61. The highest BCUT2D eigenvalue weighted by molar-refractivity contribution is 5.99. The first-order chi connectivity index (χ1) is 47.4. The quantitative estimate of drug-likeness (QED) is 0.0144. The van der Waals surface area contributed by atoms with Crippen LogP contribution in [-0.2, 0) is 62.4 Å². The number of nitrogens with one attached hydrogen (secondary N) is 11. The molecule has 3 heterocycles. The van der Waals surface area contributed by atoms with E-state index in [1.165, 1.54) is 0 Å². The number of fused-ring (bicyclic) bond motifs is 3. The highest BCUT2D eigenvalue weighted by atomic mass is 16.4. The first kappa shape index (κ1) is 77.9. The van der Waals surface area contributed by atoms with Gasteiger partial charge in [0.25, 0.3) is 0 Å². The molecule has 0 saturated carbocycles. The molecule has 30 nitrogen and oxygen atoms in total. The molecule has 0 saturated heterocycles. The molecule has 0 fully saturated rings. The number of aromatic nitrogens is 3. The molecule has 30 heteroatoms. The van der Waals surface area contributed by atoms with Crippen molar-refractivity contribution in [2.24, 2.45) is 62.0 Å². The number of nitrogens with zero attached hydrogens (tertiary/aromatic N) is 2. The summed E-state index contributed by atoms with van der Waals surface area (Å²) in [4.78, 5) is 147. The van der Waals surface area contributed by atoms with Gasteiger partial charge in [-0.05, 0) is 130 Å². The van der Waals surface area contributed by atoms with Crippen molar-refractivity contribution in [3.8, 4) is 0 Å². The van der Waals surface area contributed by atoms with Gasteiger partial charge in [0.2, 0.25) is 47.3 Å². The van der Waals surface area contributed by atoms with E-state index in [9.17, 15) is 43.5 Å². The van der Waals surface area contributed by atoms with Crippen LogP contribution in [0.5, 0.6) is 0 Å². The molecule has 0 unspecified atom stereocenters. The number of carbonyl (C=O) groups excluding carboxylic acids is 8. The number of aromatic amines is 3. The number of guanidine groups is 2. The minimum atomic E-state index is -1.39. The third kappa shape index (κ3) is 24.2. The van der Waals surface area contributed by atoms with Crippen molar-refractivity contribution in [3.63, 3.8) is 0 Å². The SMILES string of the molecule is CC[C@H](C)[C@H](NC(=O)[C@H](CCCCN)NC(=O)[C@H](CC(C)C)NC(=O)[C@H](Cc1c[nH]c2ccccc12)NC(=O)[C@H](Cc1c[nH]c2ccccc12)NC(=O)[C@@H](N)CCCN=C(N)N)C(=O)N[C@@H](CCCN=C(N)N)C(=O)N[C@@H](CCCCN)C(=O)N[C@@H](Cc1c[nH]c2ccccc12)C(=O)O. The van der Waals surface area contributed by atoms with Crippen LogP contribution >= 0.6 is 0 Å². The van der Waals surface area contributed by atoms with Gasteiger partial charge in [0, 0.05) is 83.7 Å². The van der Waals surface area contributed by atoms with Crippen molar-refractivity contribution < 1.29 is 48.3 Å². The number of carboxylic acids is 1. The van der Waals surface area contributed by atoms with E-state index in [1.807, 2.05) is 86.6 Å². The Bertz CT molecular complexity index is 3720. The summed E-state index contributed by atoms with van der Waals surface area (Å²) < 4.78 is 0. The fourth-order valence-corrected chi connectivity index (χ4v) is 11.7. The van der Waals surface area contributed by atoms with Crippen LogP contribution in [0.2, 0.25) is 0 Å². The van der Waals surface area contributed by atoms with Crippen molar-refractivity contribution >= 4 is 97.9 Å². The van der Waals surface area contributed by atoms with Gasteiger partial charge in [-0.3, -0.25) is 48.3 Å². The minimum absolute atomic E-state index is 0.0191. The summed E-state index contributed by atoms with van der Waals surface area (Å²) in [6, 6.07) is 10.5. The van der Waals surface area contributed by atoms with E-state index >= 15 is 4.79 Å². The number of carboxylic acid groups (broad SMARTS) is 1. The maximum absolute atomic E-state index is 15.1. The van der Waals surface area contributed by atoms with E-state index in [2.05, 4.69) is 67.5 Å². The van der Waals surface area contributed by atoms with Gasteiger partial charge in [0.1, 0.15) is 48.3 Å². The number of hydrogen-bond donors (Lipinski definition) is 19. The Morgan fingerprint density at radius 1 is 0.434 bits per heavy atom. The third-order valence-corrected chi connectivity index (χ3v) is 17.4. The molecule has 3 aromatic carbocycles. The lowest BCUT2D eigenvalue weighted by molar-refractivity contribution is -0.142. The van der Waals surface area contributed by atoms with E-state index in [4.69, 9.17) is 40.1 Å². The van der Waals surface area contributed by atoms with Crippen LogP contribution in [0, 0.1) is 11.8 Å².